The molecule has 0 aliphatic heterocycles. The van der Waals surface area contributed by atoms with E-state index in [0.717, 1.165) is 25.3 Å². The average Bonchev–Trinajstić information content (AvgIpc) is 2.56. The molecule has 24 heavy (non-hydrogen) atoms. The van der Waals surface area contributed by atoms with E-state index < -0.39 is 17.9 Å². The maximum atomic E-state index is 13.5. The Balaban J connectivity index is 1.84. The first-order valence-corrected chi connectivity index (χ1v) is 8.41. The Morgan fingerprint density at radius 2 is 2.00 bits per heavy atom. The molecule has 0 aromatic heterocycles. The predicted molar refractivity (Wildman–Crippen MR) is 90.6 cm³/mol. The van der Waals surface area contributed by atoms with Crippen LogP contribution in [-0.2, 0) is 14.3 Å². The highest BCUT2D eigenvalue weighted by molar-refractivity contribution is 5.90. The lowest BCUT2D eigenvalue weighted by Crippen LogP contribution is -2.45. The van der Waals surface area contributed by atoms with E-state index in [1.807, 2.05) is 0 Å². The highest BCUT2D eigenvalue weighted by atomic mass is 19.1. The Kier molecular flexibility index (Phi) is 6.53. The van der Waals surface area contributed by atoms with Crippen LogP contribution in [0.4, 0.5) is 4.39 Å². The zero-order valence-electron chi connectivity index (χ0n) is 14.1. The summed E-state index contributed by atoms with van der Waals surface area (Å²) in [5.41, 5.74) is 0.294. The third kappa shape index (κ3) is 5.18. The van der Waals surface area contributed by atoms with E-state index in [9.17, 15) is 14.0 Å². The van der Waals surface area contributed by atoms with E-state index in [1.165, 1.54) is 25.5 Å². The van der Waals surface area contributed by atoms with Gasteiger partial charge in [-0.1, -0.05) is 38.0 Å². The minimum Gasteiger partial charge on any atom is -0.449 e. The molecule has 1 N–H and O–H groups in total. The highest BCUT2D eigenvalue weighted by Gasteiger charge is 2.25. The summed E-state index contributed by atoms with van der Waals surface area (Å²) in [5.74, 6) is -0.941. The molecule has 1 aromatic carbocycles. The summed E-state index contributed by atoms with van der Waals surface area (Å²) in [6.07, 6.45) is 5.95. The summed E-state index contributed by atoms with van der Waals surface area (Å²) in [6, 6.07) is 6.26. The van der Waals surface area contributed by atoms with Crippen LogP contribution in [0.2, 0.25) is 0 Å². The molecule has 0 heterocycles. The average molecular weight is 333 g/mol. The summed E-state index contributed by atoms with van der Waals surface area (Å²) >= 11 is 0. The molecule has 4 nitrogen and oxygen atoms in total. The maximum absolute atomic E-state index is 13.5. The Hall–Kier alpha value is -2.17. The lowest BCUT2D eigenvalue weighted by molar-refractivity contribution is -0.150. The van der Waals surface area contributed by atoms with Gasteiger partial charge >= 0.3 is 5.97 Å². The van der Waals surface area contributed by atoms with Crippen molar-refractivity contribution in [3.63, 3.8) is 0 Å². The number of hydrogen-bond donors (Lipinski definition) is 1. The number of amides is 1. The van der Waals surface area contributed by atoms with E-state index in [-0.39, 0.29) is 11.9 Å². The molecule has 1 amide bonds. The van der Waals surface area contributed by atoms with Gasteiger partial charge in [-0.15, -0.1) is 0 Å². The third-order valence-corrected chi connectivity index (χ3v) is 4.41. The number of nitrogens with one attached hydrogen (secondary N) is 1. The first-order valence-electron chi connectivity index (χ1n) is 8.41. The van der Waals surface area contributed by atoms with Crippen molar-refractivity contribution in [1.82, 2.24) is 5.32 Å². The molecule has 0 unspecified atom stereocenters. The summed E-state index contributed by atoms with van der Waals surface area (Å²) < 4.78 is 18.6. The van der Waals surface area contributed by atoms with Crippen molar-refractivity contribution in [2.45, 2.75) is 51.7 Å². The van der Waals surface area contributed by atoms with E-state index in [4.69, 9.17) is 4.74 Å². The number of carbonyl (C=O) groups is 2. The van der Waals surface area contributed by atoms with Crippen molar-refractivity contribution in [3.8, 4) is 0 Å². The monoisotopic (exact) mass is 333 g/mol. The van der Waals surface area contributed by atoms with E-state index in [0.29, 0.717) is 11.5 Å². The number of ether oxygens (including phenoxy) is 1. The second-order valence-corrected chi connectivity index (χ2v) is 6.31. The minimum absolute atomic E-state index is 0.140. The van der Waals surface area contributed by atoms with Gasteiger partial charge < -0.3 is 10.1 Å². The molecule has 0 spiro atoms. The van der Waals surface area contributed by atoms with Gasteiger partial charge in [0.25, 0.3) is 5.91 Å². The van der Waals surface area contributed by atoms with Gasteiger partial charge in [0.05, 0.1) is 0 Å². The standard InChI is InChI=1S/C19H24FNO3/c1-13-7-3-6-10-17(13)21-19(23)14(2)24-18(22)12-11-15-8-4-5-9-16(15)20/h4-5,8-9,11-14,17H,3,6-7,10H2,1-2H3,(H,21,23)/b12-11+/t13-,14+,17+/m0/s1. The molecule has 0 bridgehead atoms. The Morgan fingerprint density at radius 1 is 1.29 bits per heavy atom. The van der Waals surface area contributed by atoms with Gasteiger partial charge in [-0.25, -0.2) is 9.18 Å². The molecule has 1 aliphatic carbocycles. The largest absolute Gasteiger partial charge is 0.449 e. The molecule has 1 aliphatic rings. The maximum Gasteiger partial charge on any atom is 0.331 e. The normalized spacial score (nSPS) is 22.1. The van der Waals surface area contributed by atoms with Crippen molar-refractivity contribution in [3.05, 3.63) is 41.7 Å². The SMILES string of the molecule is C[C@@H](OC(=O)/C=C/c1ccccc1F)C(=O)N[C@@H]1CCCC[C@@H]1C. The van der Waals surface area contributed by atoms with Crippen LogP contribution in [0.5, 0.6) is 0 Å². The molecular weight excluding hydrogens is 309 g/mol. The second-order valence-electron chi connectivity index (χ2n) is 6.31. The van der Waals surface area contributed by atoms with Gasteiger partial charge in [0.15, 0.2) is 6.10 Å². The van der Waals surface area contributed by atoms with Gasteiger partial charge in [-0.3, -0.25) is 4.79 Å². The first kappa shape index (κ1) is 18.2. The fourth-order valence-corrected chi connectivity index (χ4v) is 2.87. The zero-order chi connectivity index (χ0) is 17.5. The van der Waals surface area contributed by atoms with Crippen molar-refractivity contribution >= 4 is 18.0 Å². The van der Waals surface area contributed by atoms with E-state index in [2.05, 4.69) is 12.2 Å². The van der Waals surface area contributed by atoms with Crippen LogP contribution in [0.15, 0.2) is 30.3 Å². The van der Waals surface area contributed by atoms with Crippen LogP contribution in [-0.4, -0.2) is 24.0 Å². The lowest BCUT2D eigenvalue weighted by atomic mass is 9.86. The number of halogens is 1. The number of esters is 1. The molecule has 130 valence electrons. The number of hydrogen-bond acceptors (Lipinski definition) is 3. The predicted octanol–water partition coefficient (Wildman–Crippen LogP) is 3.47. The van der Waals surface area contributed by atoms with E-state index in [1.54, 1.807) is 18.2 Å². The minimum atomic E-state index is -0.878. The Labute approximate surface area is 142 Å². The quantitative estimate of drug-likeness (QED) is 0.663. The lowest BCUT2D eigenvalue weighted by Gasteiger charge is -2.30. The van der Waals surface area contributed by atoms with Crippen LogP contribution >= 0.6 is 0 Å². The fraction of sp³-hybridized carbons (Fsp3) is 0.474. The van der Waals surface area contributed by atoms with Gasteiger partial charge in [0, 0.05) is 17.7 Å². The summed E-state index contributed by atoms with van der Waals surface area (Å²) in [7, 11) is 0. The fourth-order valence-electron chi connectivity index (χ4n) is 2.87. The second kappa shape index (κ2) is 8.62. The molecule has 0 radical (unpaired) electrons. The van der Waals surface area contributed by atoms with Crippen molar-refractivity contribution in [1.29, 1.82) is 0 Å². The van der Waals surface area contributed by atoms with Crippen molar-refractivity contribution < 1.29 is 18.7 Å². The smallest absolute Gasteiger partial charge is 0.331 e. The number of carbonyl (C=O) groups excluding carboxylic acids is 2. The number of rotatable bonds is 5. The summed E-state index contributed by atoms with van der Waals surface area (Å²) in [6.45, 7) is 3.66. The Morgan fingerprint density at radius 3 is 2.71 bits per heavy atom. The van der Waals surface area contributed by atoms with Crippen LogP contribution in [0.3, 0.4) is 0 Å². The first-order chi connectivity index (χ1) is 11.5. The van der Waals surface area contributed by atoms with Crippen LogP contribution < -0.4 is 5.32 Å². The topological polar surface area (TPSA) is 55.4 Å². The molecule has 2 rings (SSSR count). The molecule has 1 aromatic rings. The summed E-state index contributed by atoms with van der Waals surface area (Å²) in [5, 5.41) is 2.96. The van der Waals surface area contributed by atoms with Crippen molar-refractivity contribution in [2.24, 2.45) is 5.92 Å². The van der Waals surface area contributed by atoms with Crippen LogP contribution in [0, 0.1) is 11.7 Å². The van der Waals surface area contributed by atoms with Gasteiger partial charge in [-0.2, -0.15) is 0 Å². The molecule has 1 saturated carbocycles. The van der Waals surface area contributed by atoms with Gasteiger partial charge in [0.1, 0.15) is 5.82 Å². The molecule has 3 atom stereocenters. The van der Waals surface area contributed by atoms with Crippen molar-refractivity contribution in [2.75, 3.05) is 0 Å². The summed E-state index contributed by atoms with van der Waals surface area (Å²) in [4.78, 5) is 23.9. The van der Waals surface area contributed by atoms with Crippen LogP contribution in [0.1, 0.15) is 45.1 Å². The molecular formula is C19H24FNO3. The molecule has 5 heteroatoms. The van der Waals surface area contributed by atoms with Crippen LogP contribution in [0.25, 0.3) is 6.08 Å². The van der Waals surface area contributed by atoms with Gasteiger partial charge in [-0.05, 0) is 37.8 Å². The van der Waals surface area contributed by atoms with Gasteiger partial charge in [0.2, 0.25) is 0 Å². The number of benzene rings is 1. The molecule has 0 saturated heterocycles. The zero-order valence-corrected chi connectivity index (χ0v) is 14.1. The third-order valence-electron chi connectivity index (χ3n) is 4.41. The molecule has 1 fully saturated rings. The highest BCUT2D eigenvalue weighted by Crippen LogP contribution is 2.23. The Bertz CT molecular complexity index is 614. The van der Waals surface area contributed by atoms with E-state index >= 15 is 0 Å².